The number of rotatable bonds is 3. The molecule has 2 N–H and O–H groups in total. The number of carbonyl (C=O) groups is 1. The topological polar surface area (TPSA) is 81.1 Å². The van der Waals surface area contributed by atoms with E-state index in [1.165, 1.54) is 5.69 Å². The third kappa shape index (κ3) is 2.58. The van der Waals surface area contributed by atoms with Crippen molar-refractivity contribution >= 4 is 6.03 Å². The van der Waals surface area contributed by atoms with Crippen LogP contribution in [0.3, 0.4) is 0 Å². The molecule has 1 heterocycles. The Morgan fingerprint density at radius 1 is 1.41 bits per heavy atom. The molecule has 0 saturated heterocycles. The van der Waals surface area contributed by atoms with Gasteiger partial charge < -0.3 is 15.4 Å². The molecule has 0 spiro atoms. The molecule has 0 aliphatic heterocycles. The predicted molar refractivity (Wildman–Crippen MR) is 81.5 cm³/mol. The maximum Gasteiger partial charge on any atom is 0.315 e. The van der Waals surface area contributed by atoms with Crippen LogP contribution in [0.25, 0.3) is 0 Å². The van der Waals surface area contributed by atoms with Crippen molar-refractivity contribution in [3.63, 3.8) is 0 Å². The van der Waals surface area contributed by atoms with Gasteiger partial charge >= 0.3 is 6.03 Å². The van der Waals surface area contributed by atoms with Gasteiger partial charge in [0.2, 0.25) is 0 Å². The lowest BCUT2D eigenvalue weighted by atomic mass is 9.64. The van der Waals surface area contributed by atoms with E-state index >= 15 is 0 Å². The molecule has 0 bridgehead atoms. The molecule has 1 saturated carbocycles. The minimum absolute atomic E-state index is 0.0171. The second-order valence-electron chi connectivity index (χ2n) is 7.00. The Labute approximate surface area is 130 Å². The highest BCUT2D eigenvalue weighted by atomic mass is 16.5. The summed E-state index contributed by atoms with van der Waals surface area (Å²) in [5.74, 6) is 0. The lowest BCUT2D eigenvalue weighted by molar-refractivity contribution is -0.0936. The van der Waals surface area contributed by atoms with Crippen molar-refractivity contribution in [1.29, 1.82) is 0 Å². The van der Waals surface area contributed by atoms with Crippen LogP contribution in [0.5, 0.6) is 0 Å². The van der Waals surface area contributed by atoms with Gasteiger partial charge in [0, 0.05) is 38.1 Å². The second kappa shape index (κ2) is 5.53. The van der Waals surface area contributed by atoms with Crippen molar-refractivity contribution in [3.8, 4) is 0 Å². The van der Waals surface area contributed by atoms with Crippen molar-refractivity contribution in [3.05, 3.63) is 11.4 Å². The summed E-state index contributed by atoms with van der Waals surface area (Å²) in [6.45, 7) is 4.25. The van der Waals surface area contributed by atoms with Gasteiger partial charge in [0.25, 0.3) is 0 Å². The number of nitrogens with one attached hydrogen (secondary N) is 2. The lowest BCUT2D eigenvalue weighted by Gasteiger charge is -2.51. The van der Waals surface area contributed by atoms with Gasteiger partial charge in [-0.2, -0.15) is 0 Å². The van der Waals surface area contributed by atoms with Gasteiger partial charge in [0.05, 0.1) is 17.5 Å². The van der Waals surface area contributed by atoms with Crippen LogP contribution in [-0.2, 0) is 24.6 Å². The van der Waals surface area contributed by atoms with E-state index in [9.17, 15) is 4.79 Å². The van der Waals surface area contributed by atoms with Crippen molar-refractivity contribution in [1.82, 2.24) is 25.6 Å². The molecule has 0 aromatic carbocycles. The summed E-state index contributed by atoms with van der Waals surface area (Å²) in [6, 6.07) is 0.198. The molecular weight excluding hydrogens is 282 g/mol. The first-order valence-corrected chi connectivity index (χ1v) is 7.89. The number of carbonyl (C=O) groups excluding carboxylic acids is 1. The zero-order valence-electron chi connectivity index (χ0n) is 13.7. The summed E-state index contributed by atoms with van der Waals surface area (Å²) in [4.78, 5) is 12.2. The molecular formula is C15H25N5O2. The smallest absolute Gasteiger partial charge is 0.315 e. The summed E-state index contributed by atoms with van der Waals surface area (Å²) in [5.41, 5.74) is 2.17. The SMILES string of the molecule is COC1CC(NC(=O)NC2CCc3c(nnn3C)C2)C1(C)C. The van der Waals surface area contributed by atoms with Crippen LogP contribution >= 0.6 is 0 Å². The monoisotopic (exact) mass is 307 g/mol. The molecule has 2 aliphatic carbocycles. The number of hydrogen-bond acceptors (Lipinski definition) is 4. The summed E-state index contributed by atoms with van der Waals surface area (Å²) in [6.07, 6.45) is 3.68. The molecule has 3 unspecified atom stereocenters. The Morgan fingerprint density at radius 3 is 2.86 bits per heavy atom. The van der Waals surface area contributed by atoms with Crippen LogP contribution in [0.1, 0.15) is 38.1 Å². The van der Waals surface area contributed by atoms with Crippen LogP contribution in [-0.4, -0.2) is 46.3 Å². The Kier molecular flexibility index (Phi) is 3.84. The van der Waals surface area contributed by atoms with Crippen LogP contribution in [0, 0.1) is 5.41 Å². The molecule has 1 aromatic rings. The first kappa shape index (κ1) is 15.3. The standard InChI is InChI=1S/C15H25N5O2/c1-15(2)12(8-13(15)22-4)17-14(21)16-9-5-6-11-10(7-9)18-19-20(11)3/h9,12-13H,5-8H2,1-4H3,(H2,16,17,21). The average Bonchev–Trinajstić information content (AvgIpc) is 2.84. The van der Waals surface area contributed by atoms with Gasteiger partial charge in [0.1, 0.15) is 0 Å². The van der Waals surface area contributed by atoms with Gasteiger partial charge in [-0.3, -0.25) is 4.68 Å². The Morgan fingerprint density at radius 2 is 2.18 bits per heavy atom. The number of amides is 2. The molecule has 2 aliphatic rings. The van der Waals surface area contributed by atoms with Gasteiger partial charge in [-0.05, 0) is 19.3 Å². The molecule has 1 fully saturated rings. The third-order valence-corrected chi connectivity index (χ3v) is 5.30. The number of urea groups is 1. The van der Waals surface area contributed by atoms with E-state index in [-0.39, 0.29) is 29.6 Å². The first-order valence-electron chi connectivity index (χ1n) is 7.89. The van der Waals surface area contributed by atoms with E-state index in [1.54, 1.807) is 7.11 Å². The zero-order valence-corrected chi connectivity index (χ0v) is 13.7. The van der Waals surface area contributed by atoms with E-state index < -0.39 is 0 Å². The van der Waals surface area contributed by atoms with E-state index in [2.05, 4.69) is 34.8 Å². The molecule has 0 radical (unpaired) electrons. The lowest BCUT2D eigenvalue weighted by Crippen LogP contribution is -2.63. The van der Waals surface area contributed by atoms with Gasteiger partial charge in [-0.15, -0.1) is 5.10 Å². The minimum Gasteiger partial charge on any atom is -0.381 e. The van der Waals surface area contributed by atoms with Gasteiger partial charge in [-0.1, -0.05) is 19.1 Å². The fourth-order valence-corrected chi connectivity index (χ4v) is 3.57. The first-order chi connectivity index (χ1) is 10.4. The quantitative estimate of drug-likeness (QED) is 0.865. The highest BCUT2D eigenvalue weighted by molar-refractivity contribution is 5.75. The number of hydrogen-bond donors (Lipinski definition) is 2. The van der Waals surface area contributed by atoms with Crippen LogP contribution < -0.4 is 10.6 Å². The highest BCUT2D eigenvalue weighted by Gasteiger charge is 2.49. The molecule has 7 nitrogen and oxygen atoms in total. The number of nitrogens with zero attached hydrogens (tertiary/aromatic N) is 3. The molecule has 22 heavy (non-hydrogen) atoms. The van der Waals surface area contributed by atoms with E-state index in [0.717, 1.165) is 31.4 Å². The van der Waals surface area contributed by atoms with E-state index in [0.29, 0.717) is 0 Å². The summed E-state index contributed by atoms with van der Waals surface area (Å²) < 4.78 is 7.24. The normalized spacial score (nSPS) is 29.4. The van der Waals surface area contributed by atoms with E-state index in [1.807, 2.05) is 11.7 Å². The number of aromatic nitrogens is 3. The number of ether oxygens (including phenoxy) is 1. The largest absolute Gasteiger partial charge is 0.381 e. The molecule has 3 rings (SSSR count). The number of methoxy groups -OCH3 is 1. The molecule has 3 atom stereocenters. The summed E-state index contributed by atoms with van der Waals surface area (Å²) >= 11 is 0. The molecule has 1 aromatic heterocycles. The van der Waals surface area contributed by atoms with Crippen molar-refractivity contribution in [2.24, 2.45) is 12.5 Å². The maximum atomic E-state index is 12.2. The fourth-order valence-electron chi connectivity index (χ4n) is 3.57. The van der Waals surface area contributed by atoms with Gasteiger partial charge in [0.15, 0.2) is 0 Å². The van der Waals surface area contributed by atoms with Crippen molar-refractivity contribution in [2.45, 2.75) is 57.7 Å². The maximum absolute atomic E-state index is 12.2. The minimum atomic E-state index is -0.0926. The van der Waals surface area contributed by atoms with Crippen molar-refractivity contribution < 1.29 is 9.53 Å². The summed E-state index contributed by atoms with van der Waals surface area (Å²) in [7, 11) is 3.64. The highest BCUT2D eigenvalue weighted by Crippen LogP contribution is 2.42. The van der Waals surface area contributed by atoms with Gasteiger partial charge in [-0.25, -0.2) is 4.79 Å². The number of aryl methyl sites for hydroxylation is 1. The third-order valence-electron chi connectivity index (χ3n) is 5.30. The number of fused-ring (bicyclic) bond motifs is 1. The molecule has 122 valence electrons. The Balaban J connectivity index is 1.51. The molecule has 7 heteroatoms. The second-order valence-corrected chi connectivity index (χ2v) is 7.00. The van der Waals surface area contributed by atoms with Crippen LogP contribution in [0.2, 0.25) is 0 Å². The predicted octanol–water partition coefficient (Wildman–Crippen LogP) is 0.785. The fraction of sp³-hybridized carbons (Fsp3) is 0.800. The van der Waals surface area contributed by atoms with Crippen LogP contribution in [0.4, 0.5) is 4.79 Å². The van der Waals surface area contributed by atoms with E-state index in [4.69, 9.17) is 4.74 Å². The van der Waals surface area contributed by atoms with Crippen LogP contribution in [0.15, 0.2) is 0 Å². The Bertz CT molecular complexity index is 568. The zero-order chi connectivity index (χ0) is 15.9. The average molecular weight is 307 g/mol. The summed E-state index contributed by atoms with van der Waals surface area (Å²) in [5, 5.41) is 14.4. The van der Waals surface area contributed by atoms with Crippen molar-refractivity contribution in [2.75, 3.05) is 7.11 Å². The Hall–Kier alpha value is -1.63. The molecule has 2 amide bonds.